The first kappa shape index (κ1) is 22.4. The Hall–Kier alpha value is -4.38. The summed E-state index contributed by atoms with van der Waals surface area (Å²) in [5, 5.41) is 4.81. The normalized spacial score (nSPS) is 10.9. The van der Waals surface area contributed by atoms with Crippen LogP contribution in [0.3, 0.4) is 0 Å². The second-order valence-electron chi connectivity index (χ2n) is 8.57. The molecule has 0 fully saturated rings. The number of rotatable bonds is 8. The number of hydrogen-bond acceptors (Lipinski definition) is 2. The first-order valence-corrected chi connectivity index (χ1v) is 11.9. The van der Waals surface area contributed by atoms with E-state index in [0.717, 1.165) is 23.5 Å². The van der Waals surface area contributed by atoms with E-state index in [1.807, 2.05) is 112 Å². The SMILES string of the molecule is Cc1nn(-c2ccccc2)c(-n2cccc2)c1C(=O)N(CCc1ccccc1)Cc1ccccc1. The van der Waals surface area contributed by atoms with Crippen LogP contribution in [0, 0.1) is 6.92 Å². The molecule has 1 amide bonds. The van der Waals surface area contributed by atoms with Crippen molar-refractivity contribution >= 4 is 5.91 Å². The lowest BCUT2D eigenvalue weighted by atomic mass is 10.1. The summed E-state index contributed by atoms with van der Waals surface area (Å²) >= 11 is 0. The Kier molecular flexibility index (Phi) is 6.57. The van der Waals surface area contributed by atoms with Crippen molar-refractivity contribution in [1.29, 1.82) is 0 Å². The van der Waals surface area contributed by atoms with Crippen molar-refractivity contribution in [1.82, 2.24) is 19.2 Å². The van der Waals surface area contributed by atoms with Gasteiger partial charge in [-0.1, -0.05) is 78.9 Å². The highest BCUT2D eigenvalue weighted by molar-refractivity contribution is 5.98. The van der Waals surface area contributed by atoms with Crippen molar-refractivity contribution in [2.24, 2.45) is 0 Å². The minimum absolute atomic E-state index is 0.0202. The van der Waals surface area contributed by atoms with Crippen LogP contribution in [-0.2, 0) is 13.0 Å². The second-order valence-corrected chi connectivity index (χ2v) is 8.57. The highest BCUT2D eigenvalue weighted by Gasteiger charge is 2.27. The molecular formula is C30H28N4O. The molecule has 0 unspecified atom stereocenters. The molecule has 3 aromatic carbocycles. The molecule has 0 saturated carbocycles. The van der Waals surface area contributed by atoms with Crippen LogP contribution in [0.1, 0.15) is 27.2 Å². The third kappa shape index (κ3) is 4.94. The maximum Gasteiger partial charge on any atom is 0.259 e. The minimum Gasteiger partial charge on any atom is -0.334 e. The van der Waals surface area contributed by atoms with E-state index in [4.69, 9.17) is 5.10 Å². The monoisotopic (exact) mass is 460 g/mol. The van der Waals surface area contributed by atoms with Gasteiger partial charge in [-0.25, -0.2) is 4.68 Å². The lowest BCUT2D eigenvalue weighted by molar-refractivity contribution is 0.0744. The molecule has 5 nitrogen and oxygen atoms in total. The Morgan fingerprint density at radius 3 is 1.97 bits per heavy atom. The molecule has 0 aliphatic carbocycles. The molecule has 0 aliphatic rings. The first-order chi connectivity index (χ1) is 17.2. The zero-order valence-electron chi connectivity index (χ0n) is 19.8. The van der Waals surface area contributed by atoms with Gasteiger partial charge >= 0.3 is 0 Å². The fraction of sp³-hybridized carbons (Fsp3) is 0.133. The average Bonchev–Trinajstić information content (AvgIpc) is 3.55. The van der Waals surface area contributed by atoms with Crippen LogP contribution in [0.4, 0.5) is 0 Å². The van der Waals surface area contributed by atoms with E-state index >= 15 is 0 Å². The summed E-state index contributed by atoms with van der Waals surface area (Å²) in [6.45, 7) is 3.06. The van der Waals surface area contributed by atoms with E-state index in [1.165, 1.54) is 5.56 Å². The minimum atomic E-state index is -0.0202. The van der Waals surface area contributed by atoms with Crippen molar-refractivity contribution in [3.05, 3.63) is 138 Å². The maximum atomic E-state index is 14.2. The third-order valence-corrected chi connectivity index (χ3v) is 6.12. The van der Waals surface area contributed by atoms with Gasteiger partial charge in [0.25, 0.3) is 5.91 Å². The highest BCUT2D eigenvalue weighted by atomic mass is 16.2. The molecule has 0 bridgehead atoms. The van der Waals surface area contributed by atoms with Gasteiger partial charge in [0, 0.05) is 25.5 Å². The van der Waals surface area contributed by atoms with Gasteiger partial charge in [0.1, 0.15) is 5.56 Å². The van der Waals surface area contributed by atoms with E-state index in [0.29, 0.717) is 24.3 Å². The van der Waals surface area contributed by atoms with Crippen molar-refractivity contribution in [3.63, 3.8) is 0 Å². The molecule has 2 aromatic heterocycles. The van der Waals surface area contributed by atoms with Crippen LogP contribution < -0.4 is 0 Å². The quantitative estimate of drug-likeness (QED) is 0.291. The summed E-state index contributed by atoms with van der Waals surface area (Å²) in [5.41, 5.74) is 4.55. The van der Waals surface area contributed by atoms with Gasteiger partial charge in [-0.15, -0.1) is 0 Å². The zero-order valence-corrected chi connectivity index (χ0v) is 19.8. The highest BCUT2D eigenvalue weighted by Crippen LogP contribution is 2.25. The van der Waals surface area contributed by atoms with E-state index in [-0.39, 0.29) is 5.91 Å². The van der Waals surface area contributed by atoms with Crippen LogP contribution >= 0.6 is 0 Å². The molecule has 2 heterocycles. The number of benzene rings is 3. The van der Waals surface area contributed by atoms with Crippen LogP contribution in [0.15, 0.2) is 116 Å². The molecule has 0 aliphatic heterocycles. The second kappa shape index (κ2) is 10.3. The molecular weight excluding hydrogens is 432 g/mol. The van der Waals surface area contributed by atoms with Crippen LogP contribution in [0.25, 0.3) is 11.5 Å². The van der Waals surface area contributed by atoms with Gasteiger partial charge in [-0.3, -0.25) is 4.79 Å². The lowest BCUT2D eigenvalue weighted by Gasteiger charge is -2.24. The molecule has 0 atom stereocenters. The van der Waals surface area contributed by atoms with Gasteiger partial charge in [-0.2, -0.15) is 5.10 Å². The van der Waals surface area contributed by atoms with Crippen LogP contribution in [0.2, 0.25) is 0 Å². The first-order valence-electron chi connectivity index (χ1n) is 11.9. The van der Waals surface area contributed by atoms with Crippen molar-refractivity contribution in [3.8, 4) is 11.5 Å². The molecule has 174 valence electrons. The molecule has 35 heavy (non-hydrogen) atoms. The molecule has 0 saturated heterocycles. The summed E-state index contributed by atoms with van der Waals surface area (Å²) in [4.78, 5) is 16.2. The number of hydrogen-bond donors (Lipinski definition) is 0. The summed E-state index contributed by atoms with van der Waals surface area (Å²) in [6.07, 6.45) is 4.69. The molecule has 0 N–H and O–H groups in total. The smallest absolute Gasteiger partial charge is 0.259 e. The van der Waals surface area contributed by atoms with Crippen LogP contribution in [0.5, 0.6) is 0 Å². The number of para-hydroxylation sites is 1. The Bertz CT molecular complexity index is 1370. The zero-order chi connectivity index (χ0) is 24.0. The Morgan fingerprint density at radius 1 is 0.771 bits per heavy atom. The predicted molar refractivity (Wildman–Crippen MR) is 139 cm³/mol. The predicted octanol–water partition coefficient (Wildman–Crippen LogP) is 5.86. The van der Waals surface area contributed by atoms with E-state index < -0.39 is 0 Å². The molecule has 5 rings (SSSR count). The summed E-state index contributed by atoms with van der Waals surface area (Å²) in [5.74, 6) is 0.731. The van der Waals surface area contributed by atoms with Crippen LogP contribution in [-0.4, -0.2) is 31.7 Å². The van der Waals surface area contributed by atoms with Gasteiger partial charge in [0.05, 0.1) is 11.4 Å². The van der Waals surface area contributed by atoms with Gasteiger partial charge < -0.3 is 9.47 Å². The number of carbonyl (C=O) groups is 1. The maximum absolute atomic E-state index is 14.2. The van der Waals surface area contributed by atoms with E-state index in [9.17, 15) is 4.79 Å². The standard InChI is InChI=1S/C30H28N4O/c1-24-28(29(32-20-11-12-21-32)34(31-24)27-17-9-4-10-18-27)30(35)33(23-26-15-7-3-8-16-26)22-19-25-13-5-2-6-14-25/h2-18,20-21H,19,22-23H2,1H3. The number of aromatic nitrogens is 3. The molecule has 5 aromatic rings. The summed E-state index contributed by atoms with van der Waals surface area (Å²) in [6, 6.07) is 34.3. The number of nitrogens with zero attached hydrogens (tertiary/aromatic N) is 4. The molecule has 0 radical (unpaired) electrons. The van der Waals surface area contributed by atoms with Gasteiger partial charge in [0.2, 0.25) is 0 Å². The number of amides is 1. The Morgan fingerprint density at radius 2 is 1.34 bits per heavy atom. The van der Waals surface area contributed by atoms with Gasteiger partial charge in [0.15, 0.2) is 5.82 Å². The lowest BCUT2D eigenvalue weighted by Crippen LogP contribution is -2.33. The van der Waals surface area contributed by atoms with Gasteiger partial charge in [-0.05, 0) is 48.7 Å². The van der Waals surface area contributed by atoms with Crippen molar-refractivity contribution < 1.29 is 4.79 Å². The average molecular weight is 461 g/mol. The number of aryl methyl sites for hydroxylation is 1. The Balaban J connectivity index is 1.56. The molecule has 0 spiro atoms. The summed E-state index contributed by atoms with van der Waals surface area (Å²) < 4.78 is 3.83. The number of carbonyl (C=O) groups excluding carboxylic acids is 1. The third-order valence-electron chi connectivity index (χ3n) is 6.12. The van der Waals surface area contributed by atoms with Crippen molar-refractivity contribution in [2.75, 3.05) is 6.54 Å². The topological polar surface area (TPSA) is 43.1 Å². The largest absolute Gasteiger partial charge is 0.334 e. The fourth-order valence-corrected chi connectivity index (χ4v) is 4.35. The fourth-order valence-electron chi connectivity index (χ4n) is 4.35. The van der Waals surface area contributed by atoms with E-state index in [1.54, 1.807) is 0 Å². The van der Waals surface area contributed by atoms with Crippen molar-refractivity contribution in [2.45, 2.75) is 19.9 Å². The summed E-state index contributed by atoms with van der Waals surface area (Å²) in [7, 11) is 0. The van der Waals surface area contributed by atoms with E-state index in [2.05, 4.69) is 24.3 Å². The Labute approximate surface area is 205 Å². The molecule has 5 heteroatoms.